The first-order chi connectivity index (χ1) is 9.22. The van der Waals surface area contributed by atoms with Gasteiger partial charge in [-0.25, -0.2) is 0 Å². The zero-order valence-electron chi connectivity index (χ0n) is 10.9. The maximum atomic E-state index is 11.9. The van der Waals surface area contributed by atoms with Gasteiger partial charge in [0.25, 0.3) is 5.91 Å². The molecule has 3 atom stereocenters. The van der Waals surface area contributed by atoms with Gasteiger partial charge in [-0.3, -0.25) is 10.1 Å². The Morgan fingerprint density at radius 3 is 2.95 bits per heavy atom. The molecule has 0 spiro atoms. The maximum absolute atomic E-state index is 11.9. The third-order valence-corrected chi connectivity index (χ3v) is 3.55. The topological polar surface area (TPSA) is 89.3 Å². The van der Waals surface area contributed by atoms with Crippen molar-refractivity contribution in [2.45, 2.75) is 50.9 Å². The summed E-state index contributed by atoms with van der Waals surface area (Å²) >= 11 is 0. The summed E-state index contributed by atoms with van der Waals surface area (Å²) in [5.41, 5.74) is 0. The van der Waals surface area contributed by atoms with Crippen LogP contribution >= 0.6 is 0 Å². The molecule has 3 rings (SSSR count). The quantitative estimate of drug-likeness (QED) is 0.848. The highest BCUT2D eigenvalue weighted by molar-refractivity contribution is 5.92. The molecule has 2 aliphatic rings. The van der Waals surface area contributed by atoms with Crippen LogP contribution in [0, 0.1) is 0 Å². The van der Waals surface area contributed by atoms with Crippen LogP contribution in [0.5, 0.6) is 0 Å². The van der Waals surface area contributed by atoms with E-state index in [1.54, 1.807) is 0 Å². The van der Waals surface area contributed by atoms with Crippen LogP contribution in [0.4, 0.5) is 6.01 Å². The van der Waals surface area contributed by atoms with E-state index in [9.17, 15) is 4.79 Å². The summed E-state index contributed by atoms with van der Waals surface area (Å²) in [7, 11) is 0. The zero-order valence-corrected chi connectivity index (χ0v) is 10.9. The number of hydrogen-bond donors (Lipinski definition) is 2. The molecule has 0 radical (unpaired) electrons. The lowest BCUT2D eigenvalue weighted by Crippen LogP contribution is -2.27. The summed E-state index contributed by atoms with van der Waals surface area (Å²) in [6, 6.07) is 0.262. The minimum Gasteiger partial charge on any atom is -0.406 e. The number of amides is 1. The van der Waals surface area contributed by atoms with E-state index in [0.717, 1.165) is 32.2 Å². The fourth-order valence-electron chi connectivity index (χ4n) is 2.50. The molecule has 2 saturated heterocycles. The van der Waals surface area contributed by atoms with E-state index in [1.165, 1.54) is 0 Å². The summed E-state index contributed by atoms with van der Waals surface area (Å²) in [5, 5.41) is 13.7. The molecule has 7 nitrogen and oxygen atoms in total. The Bertz CT molecular complexity index is 456. The van der Waals surface area contributed by atoms with E-state index in [1.807, 2.05) is 6.92 Å². The van der Waals surface area contributed by atoms with Crippen LogP contribution in [0.25, 0.3) is 0 Å². The molecule has 2 fully saturated rings. The molecule has 1 aromatic rings. The smallest absolute Gasteiger partial charge is 0.322 e. The fourth-order valence-corrected chi connectivity index (χ4v) is 2.50. The summed E-state index contributed by atoms with van der Waals surface area (Å²) in [4.78, 5) is 11.9. The lowest BCUT2D eigenvalue weighted by atomic mass is 10.2. The summed E-state index contributed by atoms with van der Waals surface area (Å²) < 4.78 is 10.9. The number of ether oxygens (including phenoxy) is 1. The molecule has 7 heteroatoms. The van der Waals surface area contributed by atoms with Crippen molar-refractivity contribution in [3.63, 3.8) is 0 Å². The van der Waals surface area contributed by atoms with Gasteiger partial charge in [0, 0.05) is 0 Å². The van der Waals surface area contributed by atoms with Gasteiger partial charge in [0.05, 0.1) is 12.1 Å². The van der Waals surface area contributed by atoms with Gasteiger partial charge >= 0.3 is 6.01 Å². The maximum Gasteiger partial charge on any atom is 0.322 e. The lowest BCUT2D eigenvalue weighted by molar-refractivity contribution is -0.126. The first-order valence-electron chi connectivity index (χ1n) is 6.75. The van der Waals surface area contributed by atoms with Crippen LogP contribution in [-0.4, -0.2) is 34.9 Å². The third-order valence-electron chi connectivity index (χ3n) is 3.55. The highest BCUT2D eigenvalue weighted by Crippen LogP contribution is 2.24. The molecule has 19 heavy (non-hydrogen) atoms. The molecule has 0 bridgehead atoms. The second-order valence-corrected chi connectivity index (χ2v) is 5.10. The van der Waals surface area contributed by atoms with Crippen LogP contribution < -0.4 is 10.6 Å². The zero-order chi connectivity index (χ0) is 13.2. The van der Waals surface area contributed by atoms with Gasteiger partial charge in [-0.05, 0) is 39.2 Å². The van der Waals surface area contributed by atoms with Crippen molar-refractivity contribution in [1.29, 1.82) is 0 Å². The van der Waals surface area contributed by atoms with Crippen LogP contribution in [-0.2, 0) is 9.53 Å². The molecular weight excluding hydrogens is 248 g/mol. The first kappa shape index (κ1) is 12.6. The largest absolute Gasteiger partial charge is 0.406 e. The van der Waals surface area contributed by atoms with Crippen molar-refractivity contribution in [2.75, 3.05) is 11.9 Å². The minimum absolute atomic E-state index is 0.112. The standard InChI is InChI=1S/C12H18N4O3/c1-7-4-5-9(18-7)10(17)14-12-16-15-11(19-12)8-3-2-6-13-8/h7-9,13H,2-6H2,1H3,(H,14,16,17). The van der Waals surface area contributed by atoms with Gasteiger partial charge in [-0.1, -0.05) is 5.10 Å². The second-order valence-electron chi connectivity index (χ2n) is 5.10. The number of carbonyl (C=O) groups excluding carboxylic acids is 1. The van der Waals surface area contributed by atoms with E-state index >= 15 is 0 Å². The Kier molecular flexibility index (Phi) is 3.48. The highest BCUT2D eigenvalue weighted by Gasteiger charge is 2.29. The molecule has 2 N–H and O–H groups in total. The summed E-state index contributed by atoms with van der Waals surface area (Å²) in [6.45, 7) is 2.92. The molecule has 3 unspecified atom stereocenters. The Hall–Kier alpha value is -1.47. The van der Waals surface area contributed by atoms with E-state index in [-0.39, 0.29) is 24.1 Å². The van der Waals surface area contributed by atoms with Gasteiger partial charge in [0.15, 0.2) is 0 Å². The molecule has 2 aliphatic heterocycles. The number of nitrogens with zero attached hydrogens (tertiary/aromatic N) is 2. The number of aromatic nitrogens is 2. The van der Waals surface area contributed by atoms with Crippen molar-refractivity contribution in [3.8, 4) is 0 Å². The minimum atomic E-state index is -0.407. The summed E-state index contributed by atoms with van der Waals surface area (Å²) in [5.74, 6) is 0.326. The number of hydrogen-bond acceptors (Lipinski definition) is 6. The van der Waals surface area contributed by atoms with Gasteiger partial charge in [-0.15, -0.1) is 5.10 Å². The van der Waals surface area contributed by atoms with Crippen molar-refractivity contribution >= 4 is 11.9 Å². The predicted molar refractivity (Wildman–Crippen MR) is 66.5 cm³/mol. The number of nitrogens with one attached hydrogen (secondary N) is 2. The fraction of sp³-hybridized carbons (Fsp3) is 0.750. The van der Waals surface area contributed by atoms with Gasteiger partial charge in [0.2, 0.25) is 5.89 Å². The Morgan fingerprint density at radius 2 is 2.26 bits per heavy atom. The van der Waals surface area contributed by atoms with Gasteiger partial charge in [-0.2, -0.15) is 0 Å². The molecular formula is C12H18N4O3. The van der Waals surface area contributed by atoms with Crippen molar-refractivity contribution in [2.24, 2.45) is 0 Å². The van der Waals surface area contributed by atoms with Crippen molar-refractivity contribution < 1.29 is 13.9 Å². The van der Waals surface area contributed by atoms with Crippen LogP contribution in [0.2, 0.25) is 0 Å². The molecule has 0 aromatic carbocycles. The number of anilines is 1. The van der Waals surface area contributed by atoms with E-state index < -0.39 is 6.10 Å². The SMILES string of the molecule is CC1CCC(C(=O)Nc2nnc(C3CCCN3)o2)O1. The highest BCUT2D eigenvalue weighted by atomic mass is 16.5. The Balaban J connectivity index is 1.59. The molecule has 3 heterocycles. The molecule has 0 aliphatic carbocycles. The molecule has 104 valence electrons. The van der Waals surface area contributed by atoms with Crippen LogP contribution in [0.15, 0.2) is 4.42 Å². The molecule has 1 amide bonds. The van der Waals surface area contributed by atoms with Gasteiger partial charge < -0.3 is 14.5 Å². The van der Waals surface area contributed by atoms with Crippen LogP contribution in [0.1, 0.15) is 44.5 Å². The van der Waals surface area contributed by atoms with E-state index in [0.29, 0.717) is 5.89 Å². The van der Waals surface area contributed by atoms with E-state index in [2.05, 4.69) is 20.8 Å². The number of carbonyl (C=O) groups is 1. The first-order valence-corrected chi connectivity index (χ1v) is 6.75. The predicted octanol–water partition coefficient (Wildman–Crippen LogP) is 1.00. The van der Waals surface area contributed by atoms with Crippen molar-refractivity contribution in [3.05, 3.63) is 5.89 Å². The Labute approximate surface area is 111 Å². The Morgan fingerprint density at radius 1 is 1.37 bits per heavy atom. The monoisotopic (exact) mass is 266 g/mol. The number of rotatable bonds is 3. The lowest BCUT2D eigenvalue weighted by Gasteiger charge is -2.09. The normalized spacial score (nSPS) is 30.7. The van der Waals surface area contributed by atoms with Crippen molar-refractivity contribution in [1.82, 2.24) is 15.5 Å². The third kappa shape index (κ3) is 2.76. The van der Waals surface area contributed by atoms with E-state index in [4.69, 9.17) is 9.15 Å². The molecule has 1 aromatic heterocycles. The molecule has 0 saturated carbocycles. The van der Waals surface area contributed by atoms with Gasteiger partial charge in [0.1, 0.15) is 6.10 Å². The average Bonchev–Trinajstić information content (AvgIpc) is 3.07. The average molecular weight is 266 g/mol. The second kappa shape index (κ2) is 5.26. The summed E-state index contributed by atoms with van der Waals surface area (Å²) in [6.07, 6.45) is 3.45. The van der Waals surface area contributed by atoms with Crippen LogP contribution in [0.3, 0.4) is 0 Å².